The molecular formula is C72H108B2ClF4IMgN14NaO22. The van der Waals surface area contributed by atoms with Gasteiger partial charge in [0.2, 0.25) is 0 Å². The number of ketones is 1. The number of hydrogen-bond donors (Lipinski definition) is 7. The molecule has 3 radical (unpaired) electrons. The number of hydroxylamine groups is 2. The SMILES string of the molecule is C.CC(C)(C)OC(=O)NCC(O)c1ccc(C(=O)O)cn1.CN(C)C(On1nnc2ccccc21)=[N+](C)C.COC(=O)c1ccc(C(=O)CNC(=O)OC(C)(C)C)nc1.COC(=O)c1ccc(C(O)CNC(=O)OC(C)(C)C)nc1.COC(=O)c1ccc(I)nc1.CON(C)C(=O)CNC(=O)OC(C)(C)C.C[CH-]C.F[B-](F)(F)F.[B].[Cl-].[H-].[Mg+2].[Na+]. The number of ether oxygens (including phenoxy) is 7. The van der Waals surface area contributed by atoms with Gasteiger partial charge in [0.25, 0.3) is 5.91 Å². The maximum atomic E-state index is 11.8. The average Bonchev–Trinajstić information content (AvgIpc) is 1.69. The summed E-state index contributed by atoms with van der Waals surface area (Å²) in [5, 5.41) is 47.0. The number of amidine groups is 1. The fourth-order valence-electron chi connectivity index (χ4n) is 6.97. The zero-order chi connectivity index (χ0) is 87.4. The van der Waals surface area contributed by atoms with Gasteiger partial charge in [-0.15, -0.1) is 5.10 Å². The van der Waals surface area contributed by atoms with Gasteiger partial charge in [-0.3, -0.25) is 34.2 Å². The van der Waals surface area contributed by atoms with Crippen molar-refractivity contribution in [1.82, 2.24) is 66.3 Å². The molecular weight excluding hydrogens is 1720 g/mol. The van der Waals surface area contributed by atoms with Gasteiger partial charge in [0.1, 0.15) is 61.6 Å². The summed E-state index contributed by atoms with van der Waals surface area (Å²) < 4.78 is 75.3. The number of methoxy groups -OCH3 is 3. The molecule has 1 aromatic carbocycles. The maximum Gasteiger partial charge on any atom is 2.00 e. The number of aromatic nitrogens is 7. The van der Waals surface area contributed by atoms with Gasteiger partial charge in [-0.05, 0) is 172 Å². The molecule has 7 N–H and O–H groups in total. The maximum absolute atomic E-state index is 11.8. The minimum absolute atomic E-state index is 0. The number of carbonyl (C=O) groups is 10. The van der Waals surface area contributed by atoms with E-state index < -0.39 is 89.9 Å². The van der Waals surface area contributed by atoms with Crippen molar-refractivity contribution in [3.05, 3.63) is 147 Å². The zero-order valence-electron chi connectivity index (χ0n) is 71.0. The number of benzene rings is 1. The number of aliphatic hydroxyl groups excluding tert-OH is 2. The molecule has 0 aliphatic heterocycles. The number of Topliss-reactive ketones (excluding diaryl/α,β-unsaturated/α-hetero) is 1. The number of alkyl carbamates (subject to hydrolysis) is 4. The molecule has 36 nitrogen and oxygen atoms in total. The molecule has 0 aliphatic carbocycles. The van der Waals surface area contributed by atoms with E-state index in [1.807, 2.05) is 82.2 Å². The summed E-state index contributed by atoms with van der Waals surface area (Å²) in [5.74, 6) is -3.23. The van der Waals surface area contributed by atoms with E-state index >= 15 is 0 Å². The summed E-state index contributed by atoms with van der Waals surface area (Å²) in [6, 6.07) is 20.3. The first-order valence-corrected chi connectivity index (χ1v) is 34.6. The monoisotopic (exact) mass is 1830 g/mol. The topological polar surface area (TPSA) is 454 Å². The molecule has 5 aromatic heterocycles. The van der Waals surface area contributed by atoms with Crippen LogP contribution in [0.25, 0.3) is 11.0 Å². The molecule has 118 heavy (non-hydrogen) atoms. The quantitative estimate of drug-likeness (QED) is 0.00561. The van der Waals surface area contributed by atoms with Crippen LogP contribution in [-0.2, 0) is 42.8 Å². The summed E-state index contributed by atoms with van der Waals surface area (Å²) in [4.78, 5) is 142. The Morgan fingerprint density at radius 1 is 0.576 bits per heavy atom. The van der Waals surface area contributed by atoms with Crippen LogP contribution in [0.2, 0.25) is 0 Å². The van der Waals surface area contributed by atoms with Crippen molar-refractivity contribution < 1.29 is 171 Å². The molecule has 0 bridgehead atoms. The van der Waals surface area contributed by atoms with Gasteiger partial charge in [-0.2, -0.15) is 13.8 Å². The van der Waals surface area contributed by atoms with Crippen LogP contribution < -0.4 is 68.1 Å². The van der Waals surface area contributed by atoms with Crippen molar-refractivity contribution in [3.8, 4) is 0 Å². The Morgan fingerprint density at radius 3 is 1.24 bits per heavy atom. The molecule has 5 heterocycles. The number of aromatic carboxylic acids is 1. The second-order valence-electron chi connectivity index (χ2n) is 26.7. The number of hydrogen-bond acceptors (Lipinski definition) is 27. The Kier molecular flexibility index (Phi) is 63.7. The number of aliphatic hydroxyl groups is 2. The van der Waals surface area contributed by atoms with Crippen molar-refractivity contribution in [3.63, 3.8) is 0 Å². The van der Waals surface area contributed by atoms with Crippen LogP contribution in [0.3, 0.4) is 0 Å². The standard InChI is InChI=1S/C14H20N2O5.C14H18N2O5.C13H18N2O5.C11H16N5O.C9H18N2O4.C7H6INO2.C3H7.CH4.BF4.B.ClH.Mg.Na.H/c2*1-14(2,3)21-13(19)16-8-11(17)10-6-5-9(7-15-10)12(18)20-4;1-13(2,3)20-12(19)15-7-10(16)9-5-4-8(6-14-9)11(17)18;1-14(2)11(15(3)4)17-16-10-8-6-5-7-9(10)12-13-16;1-9(2,3)15-8(13)10-6-7(12)11(4)14-5;1-11-7(10)5-2-3-6(8)9-4-5;1-3-2;;2-1(3,4)5;;;;;/h5-7,11,17H,8H2,1-4H3,(H,16,19);5-7H,8H2,1-4H3,(H,16,19);4-6,10,16H,7H2,1-3H3,(H,15,19)(H,17,18);5-8H,1-4H3;6H2,1-5H3,(H,10,13);2-4H,1H3;3H,1-2H3;1H4;;;1H;;;/q;;;+1;;;-1;;-1;;;+2;+1;-1/p-1. The zero-order valence-corrected chi connectivity index (χ0v) is 76.3. The van der Waals surface area contributed by atoms with Crippen molar-refractivity contribution >= 4 is 138 Å². The molecule has 6 aromatic rings. The number of carboxylic acids is 1. The second-order valence-corrected chi connectivity index (χ2v) is 27.8. The normalized spacial score (nSPS) is 10.6. The number of amides is 5. The molecule has 0 fully saturated rings. The van der Waals surface area contributed by atoms with Crippen LogP contribution in [0, 0.1) is 10.1 Å². The van der Waals surface area contributed by atoms with Gasteiger partial charge in [0, 0.05) is 40.2 Å². The predicted octanol–water partition coefficient (Wildman–Crippen LogP) is 2.92. The number of carbonyl (C=O) groups excluding carboxylic acids is 9. The van der Waals surface area contributed by atoms with Crippen LogP contribution in [0.1, 0.15) is 181 Å². The third-order valence-corrected chi connectivity index (χ3v) is 12.3. The van der Waals surface area contributed by atoms with Crippen LogP contribution in [0.5, 0.6) is 0 Å². The summed E-state index contributed by atoms with van der Waals surface area (Å²) in [6.07, 6.45) is 2.59. The molecule has 0 saturated carbocycles. The summed E-state index contributed by atoms with van der Waals surface area (Å²) in [7, 11) is 8.35. The third-order valence-electron chi connectivity index (χ3n) is 11.7. The smallest absolute Gasteiger partial charge is 1.00 e. The molecule has 5 amide bonds. The van der Waals surface area contributed by atoms with Crippen LogP contribution in [0.15, 0.2) is 97.6 Å². The van der Waals surface area contributed by atoms with E-state index in [0.29, 0.717) is 17.3 Å². The van der Waals surface area contributed by atoms with Crippen molar-refractivity contribution in [2.75, 3.05) is 89.9 Å². The van der Waals surface area contributed by atoms with Crippen molar-refractivity contribution in [1.29, 1.82) is 0 Å². The third kappa shape index (κ3) is 58.9. The number of fused-ring (bicyclic) bond motifs is 1. The van der Waals surface area contributed by atoms with E-state index in [1.165, 1.54) is 95.3 Å². The van der Waals surface area contributed by atoms with Crippen molar-refractivity contribution in [2.45, 2.75) is 139 Å². The summed E-state index contributed by atoms with van der Waals surface area (Å²) >= 11 is 2.07. The Morgan fingerprint density at radius 2 is 0.924 bits per heavy atom. The molecule has 0 aliphatic rings. The summed E-state index contributed by atoms with van der Waals surface area (Å²) in [5.41, 5.74) is 1.01. The van der Waals surface area contributed by atoms with E-state index in [-0.39, 0.29) is 148 Å². The average molecular weight is 1830 g/mol. The fraction of sp³-hybridized carbons (Fsp3) is 0.472. The largest absolute Gasteiger partial charge is 2.00 e. The first-order chi connectivity index (χ1) is 52.1. The minimum Gasteiger partial charge on any atom is -1.00 e. The van der Waals surface area contributed by atoms with E-state index in [9.17, 15) is 75.4 Å². The number of esters is 3. The molecule has 0 spiro atoms. The van der Waals surface area contributed by atoms with Crippen molar-refractivity contribution in [2.24, 2.45) is 0 Å². The molecule has 2 atom stereocenters. The number of para-hydroxylation sites is 1. The van der Waals surface area contributed by atoms with Gasteiger partial charge in [0.05, 0.1) is 110 Å². The Hall–Kier alpha value is -8.89. The van der Waals surface area contributed by atoms with Crippen LogP contribution in [-0.4, -0.2) is 282 Å². The van der Waals surface area contributed by atoms with Gasteiger partial charge in [0.15, 0.2) is 5.78 Å². The number of nitrogens with zero attached hydrogens (tertiary/aromatic N) is 10. The number of carboxylic acid groups (broad SMARTS) is 1. The Bertz CT molecular complexity index is 4000. The van der Waals surface area contributed by atoms with Crippen LogP contribution >= 0.6 is 22.6 Å². The van der Waals surface area contributed by atoms with E-state index in [4.69, 9.17) is 28.9 Å². The van der Waals surface area contributed by atoms with E-state index in [2.05, 4.69) is 93.2 Å². The first kappa shape index (κ1) is 122. The van der Waals surface area contributed by atoms with Gasteiger partial charge in [-0.1, -0.05) is 24.4 Å². The number of likely N-dealkylation sites (N-methyl/N-ethyl adjacent to an activating group) is 1. The minimum atomic E-state index is -6.00. The molecule has 46 heteroatoms. The molecule has 6 rings (SSSR count). The predicted molar refractivity (Wildman–Crippen MR) is 432 cm³/mol. The summed E-state index contributed by atoms with van der Waals surface area (Å²) in [6.45, 7) is 24.3. The van der Waals surface area contributed by atoms with Gasteiger partial charge in [-0.25, -0.2) is 57.9 Å². The second kappa shape index (κ2) is 61.4. The number of nitrogens with one attached hydrogen (secondary N) is 4. The van der Waals surface area contributed by atoms with Gasteiger partial charge < -0.3 is 107 Å². The molecule has 2 unspecified atom stereocenters. The number of pyridine rings is 4. The number of halogens is 6. The van der Waals surface area contributed by atoms with Crippen LogP contribution in [0.4, 0.5) is 36.4 Å². The Balaban J connectivity index is -0.000000203. The van der Waals surface area contributed by atoms with Gasteiger partial charge >= 0.3 is 114 Å². The van der Waals surface area contributed by atoms with E-state index in [1.54, 1.807) is 95.2 Å². The fourth-order valence-corrected chi connectivity index (χ4v) is 7.29. The number of rotatable bonds is 17. The Labute approximate surface area is 746 Å². The molecule has 649 valence electrons. The van der Waals surface area contributed by atoms with E-state index in [0.717, 1.165) is 26.0 Å². The molecule has 0 saturated heterocycles. The first-order valence-electron chi connectivity index (χ1n) is 33.5.